The molecule has 24 heteroatoms. The van der Waals surface area contributed by atoms with E-state index in [9.17, 15) is 32.9 Å². The van der Waals surface area contributed by atoms with Crippen molar-refractivity contribution < 1.29 is 193 Å². The second kappa shape index (κ2) is 50.0. The third-order valence-electron chi connectivity index (χ3n) is 24.4. The van der Waals surface area contributed by atoms with E-state index in [4.69, 9.17) is 160 Å². The van der Waals surface area contributed by atoms with Gasteiger partial charge in [0.05, 0.1) is 122 Å². The van der Waals surface area contributed by atoms with Crippen LogP contribution in [0.2, 0.25) is 0 Å². The van der Waals surface area contributed by atoms with Gasteiger partial charge in [-0.3, -0.25) is 58.2 Å². The zero-order valence-electron chi connectivity index (χ0n) is 158. The number of piperidine rings is 6. The van der Waals surface area contributed by atoms with E-state index in [1.807, 2.05) is 29.7 Å². The fourth-order valence-electron chi connectivity index (χ4n) is 17.7. The minimum absolute atomic E-state index is 0.0397. The molecule has 0 aromatic heterocycles. The van der Waals surface area contributed by atoms with E-state index in [2.05, 4.69) is 18.7 Å². The molecule has 141 heavy (non-hydrogen) atoms. The first-order valence-electron chi connectivity index (χ1n) is 83.9. The molecule has 6 aromatic carbocycles. The molecule has 6 saturated heterocycles. The van der Waals surface area contributed by atoms with Crippen molar-refractivity contribution in [3.05, 3.63) is 139 Å². The molecule has 0 amide bonds. The van der Waals surface area contributed by atoms with Crippen molar-refractivity contribution in [2.24, 2.45) is 70.9 Å². The molecule has 15 unspecified atom stereocenters. The summed E-state index contributed by atoms with van der Waals surface area (Å²) in [4.78, 5) is 85.3. The Labute approximate surface area is 952 Å². The second-order valence-electron chi connectivity index (χ2n) is 34.8. The van der Waals surface area contributed by atoms with Gasteiger partial charge < -0.3 is 56.8 Å². The van der Waals surface area contributed by atoms with Crippen molar-refractivity contribution in [2.45, 2.75) is 253 Å². The zero-order valence-corrected chi connectivity index (χ0v) is 80.3. The van der Waals surface area contributed by atoms with E-state index in [0.29, 0.717) is 81.2 Å². The van der Waals surface area contributed by atoms with Crippen LogP contribution >= 0.6 is 0 Å². The van der Waals surface area contributed by atoms with E-state index in [0.717, 1.165) is 76.4 Å². The third-order valence-corrected chi connectivity index (χ3v) is 24.4. The van der Waals surface area contributed by atoms with E-state index in [-0.39, 0.29) is 75.9 Å². The highest BCUT2D eigenvalue weighted by Crippen LogP contribution is 2.51. The largest absolute Gasteiger partial charge is 0.493 e. The van der Waals surface area contributed by atoms with Crippen LogP contribution in [0.5, 0.6) is 69.0 Å². The number of hydrogen-bond donors (Lipinski definition) is 0. The summed E-state index contributed by atoms with van der Waals surface area (Å²) < 4.78 is 703. The molecular weight excluding hydrogens is 1780 g/mol. The number of ketones is 6. The number of fused-ring (bicyclic) bond motifs is 18. The lowest BCUT2D eigenvalue weighted by atomic mass is 9.79. The Hall–Kier alpha value is -9.30. The van der Waals surface area contributed by atoms with Gasteiger partial charge in [0.25, 0.3) is 0 Å². The van der Waals surface area contributed by atoms with Gasteiger partial charge in [0.2, 0.25) is 0 Å². The van der Waals surface area contributed by atoms with Gasteiger partial charge in [0.15, 0.2) is 69.0 Å². The lowest BCUT2D eigenvalue weighted by molar-refractivity contribution is -0.130. The quantitative estimate of drug-likeness (QED) is 0.0466. The van der Waals surface area contributed by atoms with Gasteiger partial charge >= 0.3 is 0 Å². The summed E-state index contributed by atoms with van der Waals surface area (Å²) in [5.74, 6) is -37.0. The van der Waals surface area contributed by atoms with Gasteiger partial charge in [-0.15, -0.1) is 0 Å². The second-order valence-corrected chi connectivity index (χ2v) is 34.8. The molecule has 24 nitrogen and oxygen atoms in total. The maximum atomic E-state index is 14.2. The van der Waals surface area contributed by atoms with Crippen LogP contribution in [0.1, 0.15) is 389 Å². The van der Waals surface area contributed by atoms with Crippen molar-refractivity contribution >= 4 is 34.7 Å². The summed E-state index contributed by atoms with van der Waals surface area (Å²) in [6.07, 6.45) is -41.3. The number of rotatable bonds is 27. The smallest absolute Gasteiger partial charge is 0.161 e. The number of carbonyl (C=O) groups is 6. The molecule has 12 aliphatic rings. The average Bonchev–Trinajstić information content (AvgIpc) is 0.650. The van der Waals surface area contributed by atoms with Gasteiger partial charge in [-0.2, -0.15) is 0 Å². The predicted octanol–water partition coefficient (Wildman–Crippen LogP) is 20.6. The standard InChI is InChI=1S/3C20H29NO3.3C19H27NO3/c3*1-5-13(2)8-15-12-21-7-6-14-9-19(23-3)20(24-4)10-16(14)17(21)11-18(15)22;3*1-12(2)7-14-11-20-6-5-13-8-18(22-3)19(23-4)9-15(13)16(20)10-17(14)21/h3*9-10,13,15,17H,5-8,11-12H2,1-4H3;3*8-9,12,14,16H,5-7,10-11H2,1-4H3/i2D3,4D3,5D2,6D2,7D2,8D2,9D,10D,11D2,12D2,13D,15D,17D;2D3,4D3,5D2,6D2,7D2,8D2,9D,10D,12D2,13D,17D;2D3,3D3,5D2,8D2,13D;4D3,5D2,6D2,8D,9D,10D2,11D2,14D,16D;3D3,10D2,14D;3D3. The predicted molar refractivity (Wildman–Crippen MR) is 555 cm³/mol. The minimum atomic E-state index is -4.70. The molecule has 6 aromatic rings. The Balaban J connectivity index is 0.000000211. The van der Waals surface area contributed by atoms with Crippen LogP contribution in [0.4, 0.5) is 0 Å². The van der Waals surface area contributed by atoms with Crippen LogP contribution in [0.3, 0.4) is 0 Å². The highest BCUT2D eigenvalue weighted by atomic mass is 16.5. The Morgan fingerprint density at radius 3 is 1.09 bits per heavy atom. The topological polar surface area (TPSA) is 233 Å². The first-order chi connectivity index (χ1) is 97.6. The van der Waals surface area contributed by atoms with Gasteiger partial charge in [0, 0.05) is 258 Å². The SMILES string of the molecule is [2H]C([2H])([2H])Oc1cc2c(cc1OC)C1CC(=O)C(C([2H])([2H])C([2H])(C([2H])([2H])[2H])C([2H])([2H])C)CN1CC2.[2H]C([2H])([2H])Oc1cc2c(cc1OC)C1CC(=O)C(CC(C)C)CN1CC2.[2H]C([2H])([2H])Oc1cc2c(cc1OC)C1N(CC2)CC([2H])(CC(C)C)C(=O)C1([2H])[2H].[2H]c1c(OC([2H])([2H])[2H])c(OC)c([2H])c2c1C1([2H])CC(=O)C(C([2H])([2H])C([2H])(C([2H])([2H])[2H])C([2H])([2H])C)C([2H])([2H])N1C([2H])([2H])C2([2H])[2H].[2H]c1c(OC)c(OC([2H])([2H])[2H])c([2H])c2c1C([2H])([2H])C([2H])([2H])N1C([2H])([2H])C([2H])(C([2H])([2H])C([2H])(C([2H])([2H])[2H])C([2H])([2H])C)C(=O)C([2H])([2H])C21[2H].[2H]c1c(OC)c(OC([2H])([2H])[2H])c([2H])c2c1C([2H])([2H])C([2H])([2H])N1C([2H])([2H])C([2H])(CC(C)C)C(=O)C([2H])([2H])C21[2H]. The highest BCUT2D eigenvalue weighted by molar-refractivity contribution is 5.86. The molecule has 6 fully saturated rings. The molecule has 774 valence electrons. The maximum absolute atomic E-state index is 14.2. The minimum Gasteiger partial charge on any atom is -0.493 e. The van der Waals surface area contributed by atoms with Crippen molar-refractivity contribution in [2.75, 3.05) is 163 Å². The first kappa shape index (κ1) is 45.8. The molecular formula is C117H168N6O18. The fraction of sp³-hybridized carbons (Fsp3) is 0.641. The van der Waals surface area contributed by atoms with Crippen molar-refractivity contribution in [1.82, 2.24) is 29.4 Å². The van der Waals surface area contributed by atoms with Crippen LogP contribution in [0.15, 0.2) is 72.7 Å². The highest BCUT2D eigenvalue weighted by Gasteiger charge is 2.47. The molecule has 0 N–H and O–H groups in total. The monoisotopic (exact) mass is 2020 g/mol. The first-order valence-corrected chi connectivity index (χ1v) is 44.9. The van der Waals surface area contributed by atoms with E-state index >= 15 is 0 Å². The number of carbonyl (C=O) groups excluding carboxylic acids is 6. The lowest BCUT2D eigenvalue weighted by Gasteiger charge is -2.43. The Bertz CT molecular complexity index is 9080. The van der Waals surface area contributed by atoms with E-state index in [1.54, 1.807) is 30.3 Å². The number of ether oxygens (including phenoxy) is 12. The zero-order chi connectivity index (χ0) is 170. The molecule has 0 radical (unpaired) electrons. The molecule has 12 aliphatic heterocycles. The van der Waals surface area contributed by atoms with Crippen molar-refractivity contribution in [3.8, 4) is 69.0 Å². The van der Waals surface area contributed by atoms with Crippen molar-refractivity contribution in [1.29, 1.82) is 0 Å². The number of benzene rings is 6. The molecule has 0 bridgehead atoms. The van der Waals surface area contributed by atoms with E-state index < -0.39 is 412 Å². The normalized spacial score (nSPS) is 42.3. The van der Waals surface area contributed by atoms with Gasteiger partial charge in [-0.25, -0.2) is 0 Å². The summed E-state index contributed by atoms with van der Waals surface area (Å²) in [7, 11) is -11.0. The summed E-state index contributed by atoms with van der Waals surface area (Å²) in [5.41, 5.74) is -2.55. The number of Topliss-reactive ketones (excluding diaryl/α,β-unsaturated/α-hetero) is 6. The molecule has 0 aliphatic carbocycles. The van der Waals surface area contributed by atoms with Crippen LogP contribution in [-0.4, -0.2) is 227 Å². The number of hydrogen-bond acceptors (Lipinski definition) is 24. The molecule has 12 heterocycles. The van der Waals surface area contributed by atoms with E-state index in [1.165, 1.54) is 35.2 Å². The maximum Gasteiger partial charge on any atom is 0.161 e. The van der Waals surface area contributed by atoms with Crippen LogP contribution in [-0.2, 0) is 67.1 Å². The van der Waals surface area contributed by atoms with Gasteiger partial charge in [-0.05, 0) is 252 Å². The fourth-order valence-corrected chi connectivity index (χ4v) is 17.7. The molecule has 15 atom stereocenters. The summed E-state index contributed by atoms with van der Waals surface area (Å²) in [5, 5.41) is 0. The number of methoxy groups -OCH3 is 12. The van der Waals surface area contributed by atoms with Crippen LogP contribution < -0.4 is 56.8 Å². The summed E-state index contributed by atoms with van der Waals surface area (Å²) in [6.45, 7) is -19.6. The average molecular weight is 2030 g/mol. The Kier molecular flexibility index (Phi) is 16.2. The Morgan fingerprint density at radius 1 is 0.340 bits per heavy atom. The van der Waals surface area contributed by atoms with Crippen molar-refractivity contribution in [3.63, 3.8) is 0 Å². The molecule has 0 saturated carbocycles. The van der Waals surface area contributed by atoms with Crippen LogP contribution in [0.25, 0.3) is 0 Å². The lowest BCUT2D eigenvalue weighted by Crippen LogP contribution is -2.46. The number of nitrogens with zero attached hydrogens (tertiary/aromatic N) is 6. The Morgan fingerprint density at radius 2 is 0.674 bits per heavy atom. The third kappa shape index (κ3) is 25.6. The summed E-state index contributed by atoms with van der Waals surface area (Å²) >= 11 is 0. The summed E-state index contributed by atoms with van der Waals surface area (Å²) in [6, 6.07) is -9.71. The molecule has 0 spiro atoms. The van der Waals surface area contributed by atoms with Gasteiger partial charge in [-0.1, -0.05) is 102 Å². The van der Waals surface area contributed by atoms with Gasteiger partial charge in [0.1, 0.15) is 34.7 Å². The van der Waals surface area contributed by atoms with Crippen LogP contribution in [0, 0.1) is 70.9 Å². The molecule has 18 rings (SSSR count).